The summed E-state index contributed by atoms with van der Waals surface area (Å²) >= 11 is 0. The van der Waals surface area contributed by atoms with Crippen LogP contribution >= 0.6 is 0 Å². The molecular formula is C38H35N3. The molecule has 0 aliphatic rings. The van der Waals surface area contributed by atoms with Crippen molar-refractivity contribution in [3.05, 3.63) is 126 Å². The van der Waals surface area contributed by atoms with E-state index in [9.17, 15) is 0 Å². The Bertz CT molecular complexity index is 2140. The maximum Gasteiger partial charge on any atom is 0.145 e. The Morgan fingerprint density at radius 3 is 1.98 bits per heavy atom. The van der Waals surface area contributed by atoms with Gasteiger partial charge in [-0.15, -0.1) is 0 Å². The van der Waals surface area contributed by atoms with E-state index in [1.165, 1.54) is 16.8 Å². The van der Waals surface area contributed by atoms with Crippen LogP contribution in [0.5, 0.6) is 0 Å². The molecule has 7 rings (SSSR count). The van der Waals surface area contributed by atoms with Crippen molar-refractivity contribution in [2.75, 3.05) is 0 Å². The van der Waals surface area contributed by atoms with Gasteiger partial charge in [-0.2, -0.15) is 0 Å². The number of hydrogen-bond donors (Lipinski definition) is 0. The molecule has 0 fully saturated rings. The molecule has 0 unspecified atom stereocenters. The summed E-state index contributed by atoms with van der Waals surface area (Å²) in [6.45, 7) is 6.78. The van der Waals surface area contributed by atoms with Crippen molar-refractivity contribution >= 4 is 32.8 Å². The molecule has 0 N–H and O–H groups in total. The second kappa shape index (κ2) is 9.78. The van der Waals surface area contributed by atoms with Gasteiger partial charge < -0.3 is 4.57 Å². The molecule has 0 radical (unpaired) electrons. The lowest BCUT2D eigenvalue weighted by molar-refractivity contribution is 0.811. The second-order valence-corrected chi connectivity index (χ2v) is 11.5. The third kappa shape index (κ3) is 4.07. The maximum absolute atomic E-state index is 8.11. The van der Waals surface area contributed by atoms with Gasteiger partial charge in [0, 0.05) is 26.1 Å². The Balaban J connectivity index is 1.57. The maximum atomic E-state index is 8.11. The first-order chi connectivity index (χ1) is 21.1. The Hall–Kier alpha value is -4.63. The van der Waals surface area contributed by atoms with E-state index in [0.29, 0.717) is 17.4 Å². The molecule has 2 aromatic heterocycles. The summed E-state index contributed by atoms with van der Waals surface area (Å²) in [5.74, 6) is 1.51. The molecule has 41 heavy (non-hydrogen) atoms. The van der Waals surface area contributed by atoms with Gasteiger partial charge in [-0.1, -0.05) is 87.9 Å². The van der Waals surface area contributed by atoms with Gasteiger partial charge in [0.1, 0.15) is 5.82 Å². The van der Waals surface area contributed by atoms with Gasteiger partial charge in [0.25, 0.3) is 0 Å². The van der Waals surface area contributed by atoms with Gasteiger partial charge in [0.2, 0.25) is 0 Å². The third-order valence-electron chi connectivity index (χ3n) is 8.16. The number of fused-ring (bicyclic) bond motifs is 4. The van der Waals surface area contributed by atoms with Crippen LogP contribution in [-0.4, -0.2) is 14.1 Å². The molecule has 0 saturated carbocycles. The minimum Gasteiger partial charge on any atom is -0.309 e. The lowest BCUT2D eigenvalue weighted by atomic mass is 9.92. The van der Waals surface area contributed by atoms with Gasteiger partial charge in [0.05, 0.1) is 27.8 Å². The van der Waals surface area contributed by atoms with Crippen molar-refractivity contribution < 1.29 is 4.11 Å². The molecule has 0 aliphatic heterocycles. The Kier molecular flexibility index (Phi) is 5.27. The van der Waals surface area contributed by atoms with Crippen molar-refractivity contribution in [3.63, 3.8) is 0 Å². The minimum absolute atomic E-state index is 0.322. The number of para-hydroxylation sites is 4. The Morgan fingerprint density at radius 2 is 1.27 bits per heavy atom. The van der Waals surface area contributed by atoms with Crippen LogP contribution in [0.2, 0.25) is 0 Å². The van der Waals surface area contributed by atoms with Crippen LogP contribution in [-0.2, 0) is 0 Å². The zero-order chi connectivity index (χ0) is 30.7. The van der Waals surface area contributed by atoms with E-state index in [2.05, 4.69) is 104 Å². The van der Waals surface area contributed by atoms with Crippen LogP contribution in [0.1, 0.15) is 60.3 Å². The lowest BCUT2D eigenvalue weighted by Crippen LogP contribution is -2.08. The quantitative estimate of drug-likeness (QED) is 0.214. The van der Waals surface area contributed by atoms with E-state index in [4.69, 9.17) is 9.10 Å². The van der Waals surface area contributed by atoms with Crippen molar-refractivity contribution in [1.29, 1.82) is 0 Å². The summed E-state index contributed by atoms with van der Waals surface area (Å²) in [6, 6.07) is 37.2. The highest BCUT2D eigenvalue weighted by Gasteiger charge is 2.23. The predicted molar refractivity (Wildman–Crippen MR) is 174 cm³/mol. The summed E-state index contributed by atoms with van der Waals surface area (Å²) in [4.78, 5) is 5.24. The first kappa shape index (κ1) is 22.1. The van der Waals surface area contributed by atoms with Gasteiger partial charge in [-0.3, -0.25) is 4.57 Å². The Labute approximate surface area is 245 Å². The molecule has 5 aromatic carbocycles. The lowest BCUT2D eigenvalue weighted by Gasteiger charge is -2.22. The summed E-state index contributed by atoms with van der Waals surface area (Å²) in [5, 5.41) is 1.90. The average molecular weight is 537 g/mol. The van der Waals surface area contributed by atoms with Crippen molar-refractivity contribution in [3.8, 4) is 22.8 Å². The fraction of sp³-hybridized carbons (Fsp3) is 0.184. The van der Waals surface area contributed by atoms with Crippen LogP contribution < -0.4 is 0 Å². The summed E-state index contributed by atoms with van der Waals surface area (Å²) < 4.78 is 28.9. The van der Waals surface area contributed by atoms with Gasteiger partial charge >= 0.3 is 0 Å². The molecule has 3 heteroatoms. The fourth-order valence-corrected chi connectivity index (χ4v) is 6.23. The topological polar surface area (TPSA) is 22.8 Å². The van der Waals surface area contributed by atoms with E-state index >= 15 is 0 Å². The number of nitrogens with zero attached hydrogens (tertiary/aromatic N) is 3. The molecular weight excluding hydrogens is 498 g/mol. The molecule has 0 atom stereocenters. The third-order valence-corrected chi connectivity index (χ3v) is 8.16. The predicted octanol–water partition coefficient (Wildman–Crippen LogP) is 10.3. The normalized spacial score (nSPS) is 13.4. The highest BCUT2D eigenvalue weighted by Crippen LogP contribution is 2.39. The monoisotopic (exact) mass is 536 g/mol. The van der Waals surface area contributed by atoms with E-state index < -0.39 is 6.85 Å². The molecule has 0 saturated heterocycles. The van der Waals surface area contributed by atoms with Crippen LogP contribution in [0.3, 0.4) is 0 Å². The smallest absolute Gasteiger partial charge is 0.145 e. The number of aromatic nitrogens is 3. The van der Waals surface area contributed by atoms with Gasteiger partial charge in [0.15, 0.2) is 0 Å². The number of hydrogen-bond acceptors (Lipinski definition) is 1. The van der Waals surface area contributed by atoms with Crippen LogP contribution in [0.4, 0.5) is 0 Å². The molecule has 3 nitrogen and oxygen atoms in total. The first-order valence-electron chi connectivity index (χ1n) is 15.9. The fourth-order valence-electron chi connectivity index (χ4n) is 6.23. The second-order valence-electron chi connectivity index (χ2n) is 11.5. The highest BCUT2D eigenvalue weighted by atomic mass is 15.1. The van der Waals surface area contributed by atoms with Crippen molar-refractivity contribution in [2.24, 2.45) is 0 Å². The summed E-state index contributed by atoms with van der Waals surface area (Å²) in [6.07, 6.45) is 0. The van der Waals surface area contributed by atoms with Crippen molar-refractivity contribution in [1.82, 2.24) is 14.1 Å². The van der Waals surface area contributed by atoms with Crippen molar-refractivity contribution in [2.45, 2.75) is 46.4 Å². The molecule has 0 spiro atoms. The zero-order valence-electron chi connectivity index (χ0n) is 26.9. The molecule has 0 aliphatic carbocycles. The average Bonchev–Trinajstić information content (AvgIpc) is 3.56. The number of benzene rings is 5. The summed E-state index contributed by atoms with van der Waals surface area (Å²) in [7, 11) is 0. The van der Waals surface area contributed by atoms with Crippen LogP contribution in [0, 0.1) is 6.85 Å². The van der Waals surface area contributed by atoms with E-state index in [-0.39, 0.29) is 0 Å². The minimum atomic E-state index is -2.20. The summed E-state index contributed by atoms with van der Waals surface area (Å²) in [5.41, 5.74) is 10.1. The molecule has 2 heterocycles. The van der Waals surface area contributed by atoms with E-state index in [1.54, 1.807) is 6.07 Å². The number of imidazole rings is 1. The molecule has 7 aromatic rings. The van der Waals surface area contributed by atoms with E-state index in [1.807, 2.05) is 36.4 Å². The zero-order valence-corrected chi connectivity index (χ0v) is 23.9. The first-order valence-corrected chi connectivity index (χ1v) is 14.4. The number of aryl methyl sites for hydroxylation is 1. The highest BCUT2D eigenvalue weighted by molar-refractivity contribution is 6.10. The van der Waals surface area contributed by atoms with Gasteiger partial charge in [-0.05, 0) is 84.4 Å². The largest absolute Gasteiger partial charge is 0.309 e. The van der Waals surface area contributed by atoms with Gasteiger partial charge in [-0.25, -0.2) is 4.98 Å². The standard InChI is InChI=1S/C38H35N3/c1-24(2)29-14-11-15-30(25(3)4)37(29)41-36-17-10-9-16-33(36)39-38(41)27-19-21-35-32(23-27)31-22-26(5)18-20-34(31)40(35)28-12-7-6-8-13-28/h6-25H,1-5H3/i5D3. The van der Waals surface area contributed by atoms with Crippen LogP contribution in [0.25, 0.3) is 55.6 Å². The molecule has 0 bridgehead atoms. The molecule has 0 amide bonds. The Morgan fingerprint density at radius 1 is 0.610 bits per heavy atom. The molecule has 202 valence electrons. The number of rotatable bonds is 5. The SMILES string of the molecule is [2H]C([2H])([2H])c1ccc2c(c1)c1cc(-c3nc4ccccc4n3-c3c(C(C)C)cccc3C(C)C)ccc1n2-c1ccccc1. The van der Waals surface area contributed by atoms with Crippen LogP contribution in [0.15, 0.2) is 109 Å². The van der Waals surface area contributed by atoms with E-state index in [0.717, 1.165) is 49.9 Å².